The molecular formula is C11H18N4O2. The van der Waals surface area contributed by atoms with Gasteiger partial charge in [0.05, 0.1) is 17.9 Å². The van der Waals surface area contributed by atoms with Gasteiger partial charge in [-0.1, -0.05) is 5.21 Å². The standard InChI is InChI=1S/C11H18N4O2/c1-11(2,3)17-10(16)15-6-5-8-9(7-15)14(4)13-12-8/h5-7H2,1-4H3. The Kier molecular flexibility index (Phi) is 2.81. The SMILES string of the molecule is Cn1nnc2c1CN(C(=O)OC(C)(C)C)CC2. The number of carbonyl (C=O) groups is 1. The Morgan fingerprint density at radius 2 is 2.12 bits per heavy atom. The van der Waals surface area contributed by atoms with Gasteiger partial charge in [-0.25, -0.2) is 4.79 Å². The summed E-state index contributed by atoms with van der Waals surface area (Å²) in [6.07, 6.45) is 0.465. The van der Waals surface area contributed by atoms with Crippen LogP contribution in [-0.4, -0.2) is 38.1 Å². The number of aromatic nitrogens is 3. The van der Waals surface area contributed by atoms with Crippen molar-refractivity contribution in [3.63, 3.8) is 0 Å². The van der Waals surface area contributed by atoms with Crippen molar-refractivity contribution in [3.05, 3.63) is 11.4 Å². The third-order valence-electron chi connectivity index (χ3n) is 2.63. The average Bonchev–Trinajstić information content (AvgIpc) is 2.57. The maximum absolute atomic E-state index is 11.9. The third kappa shape index (κ3) is 2.57. The summed E-state index contributed by atoms with van der Waals surface area (Å²) in [6.45, 7) is 6.76. The lowest BCUT2D eigenvalue weighted by molar-refractivity contribution is 0.0219. The number of ether oxygens (including phenoxy) is 1. The lowest BCUT2D eigenvalue weighted by Gasteiger charge is -2.29. The van der Waals surface area contributed by atoms with E-state index in [0.717, 1.165) is 17.8 Å². The minimum Gasteiger partial charge on any atom is -0.444 e. The van der Waals surface area contributed by atoms with E-state index < -0.39 is 5.60 Å². The zero-order chi connectivity index (χ0) is 12.6. The highest BCUT2D eigenvalue weighted by Crippen LogP contribution is 2.18. The van der Waals surface area contributed by atoms with Crippen LogP contribution >= 0.6 is 0 Å². The number of hydrogen-bond donors (Lipinski definition) is 0. The molecule has 0 aromatic carbocycles. The van der Waals surface area contributed by atoms with Crippen molar-refractivity contribution >= 4 is 6.09 Å². The highest BCUT2D eigenvalue weighted by atomic mass is 16.6. The smallest absolute Gasteiger partial charge is 0.410 e. The molecule has 1 aliphatic rings. The quantitative estimate of drug-likeness (QED) is 0.679. The fourth-order valence-corrected chi connectivity index (χ4v) is 1.79. The van der Waals surface area contributed by atoms with Crippen LogP contribution in [0.5, 0.6) is 0 Å². The second kappa shape index (κ2) is 4.01. The molecule has 1 aromatic heterocycles. The molecule has 6 nitrogen and oxygen atoms in total. The maximum Gasteiger partial charge on any atom is 0.410 e. The van der Waals surface area contributed by atoms with E-state index in [0.29, 0.717) is 13.1 Å². The predicted octanol–water partition coefficient (Wildman–Crippen LogP) is 1.11. The number of aryl methyl sites for hydroxylation is 1. The molecule has 94 valence electrons. The molecule has 0 fully saturated rings. The van der Waals surface area contributed by atoms with Gasteiger partial charge in [0.15, 0.2) is 0 Å². The molecule has 0 aliphatic carbocycles. The average molecular weight is 238 g/mol. The Morgan fingerprint density at radius 3 is 2.76 bits per heavy atom. The first-order valence-electron chi connectivity index (χ1n) is 5.72. The zero-order valence-corrected chi connectivity index (χ0v) is 10.7. The minimum absolute atomic E-state index is 0.274. The van der Waals surface area contributed by atoms with Crippen LogP contribution in [-0.2, 0) is 24.8 Å². The van der Waals surface area contributed by atoms with E-state index in [4.69, 9.17) is 4.74 Å². The lowest BCUT2D eigenvalue weighted by atomic mass is 10.1. The van der Waals surface area contributed by atoms with Crippen molar-refractivity contribution in [2.75, 3.05) is 6.54 Å². The predicted molar refractivity (Wildman–Crippen MR) is 61.4 cm³/mol. The van der Waals surface area contributed by atoms with E-state index in [1.54, 1.807) is 9.58 Å². The maximum atomic E-state index is 11.9. The summed E-state index contributed by atoms with van der Waals surface area (Å²) in [7, 11) is 1.84. The Balaban J connectivity index is 2.07. The highest BCUT2D eigenvalue weighted by molar-refractivity contribution is 5.68. The van der Waals surface area contributed by atoms with Crippen molar-refractivity contribution in [2.24, 2.45) is 7.05 Å². The van der Waals surface area contributed by atoms with Crippen molar-refractivity contribution in [1.82, 2.24) is 19.9 Å². The summed E-state index contributed by atoms with van der Waals surface area (Å²) in [6, 6.07) is 0. The van der Waals surface area contributed by atoms with Crippen LogP contribution in [0.2, 0.25) is 0 Å². The van der Waals surface area contributed by atoms with Crippen LogP contribution in [0.3, 0.4) is 0 Å². The summed E-state index contributed by atoms with van der Waals surface area (Å²) in [5, 5.41) is 8.01. The van der Waals surface area contributed by atoms with E-state index >= 15 is 0 Å². The highest BCUT2D eigenvalue weighted by Gasteiger charge is 2.28. The summed E-state index contributed by atoms with van der Waals surface area (Å²) >= 11 is 0. The molecule has 0 unspecified atom stereocenters. The molecule has 0 N–H and O–H groups in total. The van der Waals surface area contributed by atoms with E-state index in [-0.39, 0.29) is 6.09 Å². The molecule has 6 heteroatoms. The van der Waals surface area contributed by atoms with Crippen LogP contribution in [0, 0.1) is 0 Å². The number of amides is 1. The molecule has 17 heavy (non-hydrogen) atoms. The molecule has 1 aromatic rings. The number of nitrogens with zero attached hydrogens (tertiary/aromatic N) is 4. The fourth-order valence-electron chi connectivity index (χ4n) is 1.79. The van der Waals surface area contributed by atoms with Gasteiger partial charge in [-0.15, -0.1) is 5.10 Å². The summed E-state index contributed by atoms with van der Waals surface area (Å²) < 4.78 is 7.06. The number of hydrogen-bond acceptors (Lipinski definition) is 4. The molecule has 0 atom stereocenters. The Bertz CT molecular complexity index is 433. The van der Waals surface area contributed by atoms with Gasteiger partial charge < -0.3 is 9.64 Å². The van der Waals surface area contributed by atoms with Crippen molar-refractivity contribution in [2.45, 2.75) is 39.3 Å². The molecule has 1 amide bonds. The van der Waals surface area contributed by atoms with E-state index in [1.165, 1.54) is 0 Å². The van der Waals surface area contributed by atoms with Crippen LogP contribution in [0.1, 0.15) is 32.2 Å². The third-order valence-corrected chi connectivity index (χ3v) is 2.63. The molecule has 2 heterocycles. The summed E-state index contributed by atoms with van der Waals surface area (Å²) in [4.78, 5) is 13.6. The molecule has 2 rings (SSSR count). The van der Waals surface area contributed by atoms with E-state index in [1.807, 2.05) is 27.8 Å². The second-order valence-electron chi connectivity index (χ2n) is 5.26. The molecule has 0 spiro atoms. The topological polar surface area (TPSA) is 60.2 Å². The fraction of sp³-hybridized carbons (Fsp3) is 0.727. The van der Waals surface area contributed by atoms with Crippen molar-refractivity contribution in [3.8, 4) is 0 Å². The normalized spacial score (nSPS) is 15.6. The summed E-state index contributed by atoms with van der Waals surface area (Å²) in [5.74, 6) is 0. The van der Waals surface area contributed by atoms with Gasteiger partial charge in [0.25, 0.3) is 0 Å². The molecule has 0 bridgehead atoms. The van der Waals surface area contributed by atoms with Gasteiger partial charge in [0.1, 0.15) is 5.60 Å². The van der Waals surface area contributed by atoms with E-state index in [2.05, 4.69) is 10.3 Å². The monoisotopic (exact) mass is 238 g/mol. The molecule has 1 aliphatic heterocycles. The van der Waals surface area contributed by atoms with Gasteiger partial charge >= 0.3 is 6.09 Å². The lowest BCUT2D eigenvalue weighted by Crippen LogP contribution is -2.40. The first kappa shape index (κ1) is 11.9. The molecule has 0 saturated heterocycles. The van der Waals surface area contributed by atoms with Gasteiger partial charge in [-0.05, 0) is 20.8 Å². The van der Waals surface area contributed by atoms with Crippen LogP contribution in [0.4, 0.5) is 4.79 Å². The summed E-state index contributed by atoms with van der Waals surface area (Å²) in [5.41, 5.74) is 1.51. The first-order valence-corrected chi connectivity index (χ1v) is 5.72. The van der Waals surface area contributed by atoms with Gasteiger partial charge in [-0.2, -0.15) is 0 Å². The number of carbonyl (C=O) groups excluding carboxylic acids is 1. The molecular weight excluding hydrogens is 220 g/mol. The Morgan fingerprint density at radius 1 is 1.41 bits per heavy atom. The van der Waals surface area contributed by atoms with Crippen LogP contribution in [0.25, 0.3) is 0 Å². The Labute approximate surface area is 101 Å². The Hall–Kier alpha value is -1.59. The van der Waals surface area contributed by atoms with Crippen molar-refractivity contribution in [1.29, 1.82) is 0 Å². The van der Waals surface area contributed by atoms with Crippen LogP contribution in [0.15, 0.2) is 0 Å². The molecule has 0 radical (unpaired) electrons. The van der Waals surface area contributed by atoms with Crippen molar-refractivity contribution < 1.29 is 9.53 Å². The first-order chi connectivity index (χ1) is 7.87. The van der Waals surface area contributed by atoms with Gasteiger partial charge in [0, 0.05) is 20.0 Å². The molecule has 0 saturated carbocycles. The number of fused-ring (bicyclic) bond motifs is 1. The van der Waals surface area contributed by atoms with E-state index in [9.17, 15) is 4.79 Å². The minimum atomic E-state index is -0.456. The van der Waals surface area contributed by atoms with Crippen LogP contribution < -0.4 is 0 Å². The zero-order valence-electron chi connectivity index (χ0n) is 10.7. The number of rotatable bonds is 0. The van der Waals surface area contributed by atoms with Gasteiger partial charge in [-0.3, -0.25) is 4.68 Å². The van der Waals surface area contributed by atoms with Gasteiger partial charge in [0.2, 0.25) is 0 Å². The largest absolute Gasteiger partial charge is 0.444 e. The second-order valence-corrected chi connectivity index (χ2v) is 5.26.